The molecule has 0 bridgehead atoms. The lowest BCUT2D eigenvalue weighted by molar-refractivity contribution is 0.591. The second-order valence-electron chi connectivity index (χ2n) is 9.08. The van der Waals surface area contributed by atoms with Crippen LogP contribution in [0.15, 0.2) is 133 Å². The molecule has 2 atom stereocenters. The van der Waals surface area contributed by atoms with Crippen molar-refractivity contribution in [2.75, 3.05) is 0 Å². The lowest BCUT2D eigenvalue weighted by Crippen LogP contribution is -2.28. The number of hydrogen-bond donors (Lipinski definition) is 0. The second kappa shape index (κ2) is 9.90. The molecule has 0 fully saturated rings. The third-order valence-corrected chi connectivity index (χ3v) is 12.8. The summed E-state index contributed by atoms with van der Waals surface area (Å²) < 4.78 is 29.6. The molecule has 0 saturated heterocycles. The molecule has 0 amide bonds. The zero-order valence-corrected chi connectivity index (χ0v) is 22.2. The van der Waals surface area contributed by atoms with Crippen molar-refractivity contribution in [1.82, 2.24) is 0 Å². The quantitative estimate of drug-likeness (QED) is 0.282. The maximum atomic E-state index is 14.8. The van der Waals surface area contributed by atoms with Crippen LogP contribution in [0.25, 0.3) is 0 Å². The Morgan fingerprint density at radius 2 is 0.556 bits per heavy atom. The van der Waals surface area contributed by atoms with E-state index in [4.69, 9.17) is 0 Å². The Bertz CT molecular complexity index is 1430. The zero-order chi connectivity index (χ0) is 25.2. The first-order valence-corrected chi connectivity index (χ1v) is 15.4. The monoisotopic (exact) mass is 506 g/mol. The van der Waals surface area contributed by atoms with Crippen LogP contribution in [-0.2, 0) is 9.13 Å². The molecule has 0 aliphatic rings. The minimum atomic E-state index is -3.11. The Labute approximate surface area is 213 Å². The van der Waals surface area contributed by atoms with E-state index in [1.54, 1.807) is 0 Å². The Morgan fingerprint density at radius 3 is 0.833 bits per heavy atom. The first-order valence-electron chi connectivity index (χ1n) is 12.0. The van der Waals surface area contributed by atoms with E-state index in [0.717, 1.165) is 43.0 Å². The molecule has 0 saturated carbocycles. The largest absolute Gasteiger partial charge is 0.309 e. The van der Waals surface area contributed by atoms with Crippen molar-refractivity contribution in [3.05, 3.63) is 145 Å². The molecule has 2 nitrogen and oxygen atoms in total. The summed E-state index contributed by atoms with van der Waals surface area (Å²) in [6, 6.07) is 42.7. The fourth-order valence-corrected chi connectivity index (χ4v) is 9.80. The van der Waals surface area contributed by atoms with E-state index in [2.05, 4.69) is 0 Å². The minimum Gasteiger partial charge on any atom is -0.309 e. The molecular formula is C32H28O2P2. The van der Waals surface area contributed by atoms with Crippen molar-refractivity contribution in [2.24, 2.45) is 0 Å². The van der Waals surface area contributed by atoms with Crippen molar-refractivity contribution in [2.45, 2.75) is 13.8 Å². The molecule has 0 aliphatic heterocycles. The van der Waals surface area contributed by atoms with Gasteiger partial charge in [-0.2, -0.15) is 0 Å². The van der Waals surface area contributed by atoms with Crippen molar-refractivity contribution >= 4 is 46.1 Å². The highest BCUT2D eigenvalue weighted by molar-refractivity contribution is 7.86. The lowest BCUT2D eigenvalue weighted by atomic mass is 10.2. The molecule has 0 radical (unpaired) electrons. The smallest absolute Gasteiger partial charge is 0.171 e. The highest BCUT2D eigenvalue weighted by Gasteiger charge is 2.33. The van der Waals surface area contributed by atoms with Gasteiger partial charge in [0.2, 0.25) is 0 Å². The molecular weight excluding hydrogens is 478 g/mol. The Hall–Kier alpha value is -3.44. The van der Waals surface area contributed by atoms with E-state index >= 15 is 0 Å². The van der Waals surface area contributed by atoms with Gasteiger partial charge in [-0.25, -0.2) is 0 Å². The first kappa shape index (κ1) is 24.3. The van der Waals surface area contributed by atoms with Crippen LogP contribution in [0.3, 0.4) is 0 Å². The third-order valence-electron chi connectivity index (χ3n) is 6.61. The molecule has 4 heteroatoms. The van der Waals surface area contributed by atoms with Gasteiger partial charge >= 0.3 is 0 Å². The number of hydrogen-bond acceptors (Lipinski definition) is 2. The van der Waals surface area contributed by atoms with Gasteiger partial charge in [-0.05, 0) is 13.8 Å². The van der Waals surface area contributed by atoms with Gasteiger partial charge < -0.3 is 9.13 Å². The predicted octanol–water partition coefficient (Wildman–Crippen LogP) is 5.58. The average Bonchev–Trinajstić information content (AvgIpc) is 2.94. The van der Waals surface area contributed by atoms with Crippen molar-refractivity contribution in [1.29, 1.82) is 0 Å². The topological polar surface area (TPSA) is 34.1 Å². The summed E-state index contributed by atoms with van der Waals surface area (Å²) in [5, 5.41) is 4.60. The van der Waals surface area contributed by atoms with Gasteiger partial charge in [0.15, 0.2) is 14.3 Å². The summed E-state index contributed by atoms with van der Waals surface area (Å²) in [5.74, 6) is 0. The summed E-state index contributed by atoms with van der Waals surface area (Å²) >= 11 is 0. The molecule has 2 unspecified atom stereocenters. The minimum absolute atomic E-state index is 0.727. The average molecular weight is 507 g/mol. The van der Waals surface area contributed by atoms with Crippen molar-refractivity contribution < 1.29 is 9.13 Å². The lowest BCUT2D eigenvalue weighted by Gasteiger charge is -2.23. The van der Waals surface area contributed by atoms with Crippen LogP contribution in [0.5, 0.6) is 0 Å². The van der Waals surface area contributed by atoms with Crippen molar-refractivity contribution in [3.8, 4) is 0 Å². The molecule has 36 heavy (non-hydrogen) atoms. The highest BCUT2D eigenvalue weighted by atomic mass is 31.2. The molecule has 0 N–H and O–H groups in total. The van der Waals surface area contributed by atoms with Gasteiger partial charge in [-0.3, -0.25) is 0 Å². The van der Waals surface area contributed by atoms with Crippen LogP contribution in [-0.4, -0.2) is 0 Å². The van der Waals surface area contributed by atoms with Crippen molar-refractivity contribution in [3.63, 3.8) is 0 Å². The molecule has 178 valence electrons. The van der Waals surface area contributed by atoms with Gasteiger partial charge in [0.25, 0.3) is 0 Å². The first-order chi connectivity index (χ1) is 17.4. The number of benzene rings is 5. The van der Waals surface area contributed by atoms with Gasteiger partial charge in [0, 0.05) is 31.8 Å². The van der Waals surface area contributed by atoms with E-state index in [0.29, 0.717) is 0 Å². The molecule has 0 spiro atoms. The molecule has 5 aromatic rings. The summed E-state index contributed by atoms with van der Waals surface area (Å²) in [7, 11) is -6.22. The highest BCUT2D eigenvalue weighted by Crippen LogP contribution is 2.45. The van der Waals surface area contributed by atoms with Crippen LogP contribution in [0.2, 0.25) is 0 Å². The van der Waals surface area contributed by atoms with Gasteiger partial charge in [-0.15, -0.1) is 0 Å². The molecule has 0 heterocycles. The fourth-order valence-electron chi connectivity index (χ4n) is 4.55. The molecule has 5 rings (SSSR count). The second-order valence-corrected chi connectivity index (χ2v) is 14.6. The maximum absolute atomic E-state index is 14.8. The van der Waals surface area contributed by atoms with E-state index in [9.17, 15) is 9.13 Å². The number of aryl methyl sites for hydroxylation is 2. The summed E-state index contributed by atoms with van der Waals surface area (Å²) in [6.07, 6.45) is 0. The van der Waals surface area contributed by atoms with Crippen LogP contribution in [0.4, 0.5) is 0 Å². The summed E-state index contributed by atoms with van der Waals surface area (Å²) in [4.78, 5) is 0. The maximum Gasteiger partial charge on any atom is 0.171 e. The van der Waals surface area contributed by atoms with Gasteiger partial charge in [-0.1, -0.05) is 145 Å². The third kappa shape index (κ3) is 4.33. The van der Waals surface area contributed by atoms with Crippen LogP contribution >= 0.6 is 14.3 Å². The molecule has 0 aliphatic carbocycles. The molecule has 5 aromatic carbocycles. The van der Waals surface area contributed by atoms with E-state index in [-0.39, 0.29) is 0 Å². The molecule has 0 aromatic heterocycles. The summed E-state index contributed by atoms with van der Waals surface area (Å²) in [6.45, 7) is 4.05. The van der Waals surface area contributed by atoms with Crippen LogP contribution in [0.1, 0.15) is 11.1 Å². The zero-order valence-electron chi connectivity index (χ0n) is 20.4. The van der Waals surface area contributed by atoms with E-state index < -0.39 is 14.3 Å². The normalized spacial score (nSPS) is 14.5. The van der Waals surface area contributed by atoms with Crippen LogP contribution in [0, 0.1) is 13.8 Å². The number of rotatable bonds is 6. The standard InChI is InChI=1S/C32H28O2P2/c1-25-13-17-29(18-14-25)35(33,27-9-5-3-6-10-27)31-21-23-32(24-22-31)36(34,28-11-7-4-8-12-28)30-19-15-26(2)16-20-30/h3-24H,1-2H3. The fraction of sp³-hybridized carbons (Fsp3) is 0.0625. The summed E-state index contributed by atoms with van der Waals surface area (Å²) in [5.41, 5.74) is 2.24. The van der Waals surface area contributed by atoms with Gasteiger partial charge in [0.05, 0.1) is 0 Å². The van der Waals surface area contributed by atoms with Gasteiger partial charge in [0.1, 0.15) is 0 Å². The Balaban J connectivity index is 1.67. The Morgan fingerprint density at radius 1 is 0.333 bits per heavy atom. The SMILES string of the molecule is Cc1ccc(P(=O)(c2ccccc2)c2ccc(P(=O)(c3ccccc3)c3ccc(C)cc3)cc2)cc1. The van der Waals surface area contributed by atoms with Crippen LogP contribution < -0.4 is 31.8 Å². The van der Waals surface area contributed by atoms with E-state index in [1.807, 2.05) is 147 Å². The van der Waals surface area contributed by atoms with E-state index in [1.165, 1.54) is 0 Å². The predicted molar refractivity (Wildman–Crippen MR) is 155 cm³/mol. The Kier molecular flexibility index (Phi) is 6.67.